The molecule has 0 bridgehead atoms. The summed E-state index contributed by atoms with van der Waals surface area (Å²) < 4.78 is 16.3. The Morgan fingerprint density at radius 3 is 2.43 bits per heavy atom. The number of aromatic nitrogens is 2. The van der Waals surface area contributed by atoms with Gasteiger partial charge in [0.2, 0.25) is 0 Å². The van der Waals surface area contributed by atoms with Crippen LogP contribution < -0.4 is 0 Å². The summed E-state index contributed by atoms with van der Waals surface area (Å²) in [5.74, 6) is -0.248. The van der Waals surface area contributed by atoms with Crippen molar-refractivity contribution in [1.29, 1.82) is 0 Å². The monoisotopic (exact) mass is 546 g/mol. The fraction of sp³-hybridized carbons (Fsp3) is 0.125. The average molecular weight is 546 g/mol. The summed E-state index contributed by atoms with van der Waals surface area (Å²) in [4.78, 5) is 4.89. The molecule has 0 fully saturated rings. The summed E-state index contributed by atoms with van der Waals surface area (Å²) in [7, 11) is 0. The fourth-order valence-corrected chi connectivity index (χ4v) is 4.18. The molecule has 28 heavy (non-hydrogen) atoms. The molecular formula is C24H18FIrN2-. The van der Waals surface area contributed by atoms with Gasteiger partial charge in [-0.25, -0.2) is 4.39 Å². The number of fused-ring (bicyclic) bond motifs is 6. The Morgan fingerprint density at radius 1 is 0.929 bits per heavy atom. The Kier molecular flexibility index (Phi) is 4.57. The first-order valence-corrected chi connectivity index (χ1v) is 9.03. The maximum absolute atomic E-state index is 14.2. The van der Waals surface area contributed by atoms with Crippen molar-refractivity contribution in [2.45, 2.75) is 20.8 Å². The van der Waals surface area contributed by atoms with Crippen LogP contribution in [0, 0.1) is 32.7 Å². The summed E-state index contributed by atoms with van der Waals surface area (Å²) in [5, 5.41) is 3.00. The molecule has 0 aliphatic heterocycles. The molecule has 1 radical (unpaired) electrons. The van der Waals surface area contributed by atoms with E-state index in [0.29, 0.717) is 0 Å². The topological polar surface area (TPSA) is 17.3 Å². The van der Waals surface area contributed by atoms with Crippen LogP contribution >= 0.6 is 0 Å². The van der Waals surface area contributed by atoms with Crippen molar-refractivity contribution >= 4 is 27.3 Å². The van der Waals surface area contributed by atoms with Gasteiger partial charge in [0, 0.05) is 31.2 Å². The molecule has 0 atom stereocenters. The Morgan fingerprint density at radius 2 is 1.68 bits per heavy atom. The van der Waals surface area contributed by atoms with E-state index in [9.17, 15) is 4.39 Å². The number of halogens is 1. The maximum atomic E-state index is 14.2. The molecule has 0 unspecified atom stereocenters. The van der Waals surface area contributed by atoms with Crippen molar-refractivity contribution in [3.63, 3.8) is 0 Å². The molecule has 2 aromatic heterocycles. The quantitative estimate of drug-likeness (QED) is 0.182. The van der Waals surface area contributed by atoms with Gasteiger partial charge < -0.3 is 4.40 Å². The van der Waals surface area contributed by atoms with Gasteiger partial charge in [0.05, 0.1) is 17.0 Å². The molecule has 141 valence electrons. The normalized spacial score (nSPS) is 11.3. The molecule has 0 saturated carbocycles. The van der Waals surface area contributed by atoms with Gasteiger partial charge in [0.15, 0.2) is 0 Å². The van der Waals surface area contributed by atoms with E-state index in [1.807, 2.05) is 25.1 Å². The SMILES string of the molecule is Cc1cccc(C)c1-c1c(C)nc2c3[c-]cccc3c3ccc(F)cc3n12.[Ir]. The zero-order valence-corrected chi connectivity index (χ0v) is 18.2. The van der Waals surface area contributed by atoms with Crippen molar-refractivity contribution in [3.05, 3.63) is 83.3 Å². The predicted molar refractivity (Wildman–Crippen MR) is 109 cm³/mol. The largest absolute Gasteiger partial charge is 0.333 e. The number of pyridine rings is 1. The zero-order valence-electron chi connectivity index (χ0n) is 15.8. The molecule has 5 aromatic rings. The van der Waals surface area contributed by atoms with Crippen molar-refractivity contribution in [3.8, 4) is 11.3 Å². The first-order chi connectivity index (χ1) is 13.1. The first-order valence-electron chi connectivity index (χ1n) is 9.03. The van der Waals surface area contributed by atoms with Crippen molar-refractivity contribution < 1.29 is 24.5 Å². The summed E-state index contributed by atoms with van der Waals surface area (Å²) in [6.07, 6.45) is 0. The summed E-state index contributed by atoms with van der Waals surface area (Å²) >= 11 is 0. The van der Waals surface area contributed by atoms with Crippen LogP contribution in [0.1, 0.15) is 16.8 Å². The van der Waals surface area contributed by atoms with Crippen LogP contribution in [-0.4, -0.2) is 9.38 Å². The van der Waals surface area contributed by atoms with Crippen LogP contribution in [0.5, 0.6) is 0 Å². The van der Waals surface area contributed by atoms with Gasteiger partial charge >= 0.3 is 0 Å². The number of aryl methyl sites for hydroxylation is 3. The predicted octanol–water partition coefficient (Wildman–Crippen LogP) is 6.17. The Hall–Kier alpha value is -2.55. The zero-order chi connectivity index (χ0) is 18.7. The van der Waals surface area contributed by atoms with E-state index in [1.165, 1.54) is 17.2 Å². The molecular weight excluding hydrogens is 527 g/mol. The second-order valence-corrected chi connectivity index (χ2v) is 7.09. The second kappa shape index (κ2) is 6.80. The number of imidazole rings is 1. The molecule has 0 amide bonds. The Labute approximate surface area is 176 Å². The average Bonchev–Trinajstić information content (AvgIpc) is 2.99. The van der Waals surface area contributed by atoms with E-state index < -0.39 is 0 Å². The van der Waals surface area contributed by atoms with Crippen LogP contribution in [0.3, 0.4) is 0 Å². The summed E-state index contributed by atoms with van der Waals surface area (Å²) in [5.41, 5.74) is 7.12. The van der Waals surface area contributed by atoms with Gasteiger partial charge in [0.25, 0.3) is 0 Å². The van der Waals surface area contributed by atoms with E-state index in [1.54, 1.807) is 6.07 Å². The number of hydrogen-bond donors (Lipinski definition) is 0. The molecule has 0 spiro atoms. The molecule has 0 aliphatic carbocycles. The number of nitrogens with zero attached hydrogens (tertiary/aromatic N) is 2. The Balaban J connectivity index is 0.00000192. The van der Waals surface area contributed by atoms with Gasteiger partial charge in [-0.2, -0.15) is 0 Å². The van der Waals surface area contributed by atoms with Gasteiger partial charge in [-0.05, 0) is 49.4 Å². The molecule has 2 nitrogen and oxygen atoms in total. The first kappa shape index (κ1) is 18.8. The smallest absolute Gasteiger partial charge is 0.125 e. The Bertz CT molecular complexity index is 1350. The van der Waals surface area contributed by atoms with Crippen molar-refractivity contribution in [2.24, 2.45) is 0 Å². The van der Waals surface area contributed by atoms with E-state index in [2.05, 4.69) is 48.6 Å². The fourth-order valence-electron chi connectivity index (χ4n) is 4.18. The van der Waals surface area contributed by atoms with Crippen LogP contribution in [-0.2, 0) is 20.1 Å². The van der Waals surface area contributed by atoms with Crippen LogP contribution in [0.25, 0.3) is 38.6 Å². The van der Waals surface area contributed by atoms with Gasteiger partial charge in [-0.15, -0.1) is 29.7 Å². The van der Waals surface area contributed by atoms with Crippen LogP contribution in [0.15, 0.2) is 54.6 Å². The third-order valence-corrected chi connectivity index (χ3v) is 5.34. The second-order valence-electron chi connectivity index (χ2n) is 7.09. The maximum Gasteiger partial charge on any atom is 0.125 e. The molecule has 4 heteroatoms. The molecule has 0 saturated heterocycles. The molecule has 0 aliphatic rings. The van der Waals surface area contributed by atoms with E-state index in [4.69, 9.17) is 4.98 Å². The van der Waals surface area contributed by atoms with E-state index in [-0.39, 0.29) is 25.9 Å². The summed E-state index contributed by atoms with van der Waals surface area (Å²) in [6, 6.07) is 20.5. The number of rotatable bonds is 1. The molecule has 2 heterocycles. The minimum absolute atomic E-state index is 0. The molecule has 0 N–H and O–H groups in total. The van der Waals surface area contributed by atoms with Crippen molar-refractivity contribution in [2.75, 3.05) is 0 Å². The van der Waals surface area contributed by atoms with Crippen molar-refractivity contribution in [1.82, 2.24) is 9.38 Å². The number of benzene rings is 3. The minimum Gasteiger partial charge on any atom is -0.333 e. The van der Waals surface area contributed by atoms with Crippen LogP contribution in [0.2, 0.25) is 0 Å². The third kappa shape index (κ3) is 2.60. The van der Waals surface area contributed by atoms with E-state index >= 15 is 0 Å². The third-order valence-electron chi connectivity index (χ3n) is 5.34. The van der Waals surface area contributed by atoms with Gasteiger partial charge in [0.1, 0.15) is 5.82 Å². The summed E-state index contributed by atoms with van der Waals surface area (Å²) in [6.45, 7) is 6.24. The van der Waals surface area contributed by atoms with Crippen LogP contribution in [0.4, 0.5) is 4.39 Å². The van der Waals surface area contributed by atoms with Gasteiger partial charge in [-0.1, -0.05) is 29.7 Å². The standard InChI is InChI=1S/C24H18FN2.Ir/c1-14-7-6-8-15(2)22(14)23-16(3)26-24-20-10-5-4-9-18(20)19-12-11-17(25)13-21(19)27(23)24;/h4-9,11-13H,1-3H3;/q-1;. The molecule has 5 rings (SSSR count). The number of hydrogen-bond acceptors (Lipinski definition) is 1. The van der Waals surface area contributed by atoms with Gasteiger partial charge in [-0.3, -0.25) is 4.98 Å². The minimum atomic E-state index is -0.248. The molecule has 3 aromatic carbocycles. The van der Waals surface area contributed by atoms with E-state index in [0.717, 1.165) is 44.3 Å².